The van der Waals surface area contributed by atoms with E-state index in [1.807, 2.05) is 5.38 Å². The summed E-state index contributed by atoms with van der Waals surface area (Å²) in [5.41, 5.74) is 4.81. The molecule has 0 amide bonds. The highest BCUT2D eigenvalue weighted by atomic mass is 32.2. The summed E-state index contributed by atoms with van der Waals surface area (Å²) in [6.45, 7) is 1.57. The van der Waals surface area contributed by atoms with Gasteiger partial charge in [-0.15, -0.1) is 11.3 Å². The number of carbonyl (C=O) groups excluding carboxylic acids is 1. The van der Waals surface area contributed by atoms with Crippen LogP contribution in [0.5, 0.6) is 0 Å². The summed E-state index contributed by atoms with van der Waals surface area (Å²) in [7, 11) is 0. The number of thiophene rings is 1. The predicted octanol–water partition coefficient (Wildman–Crippen LogP) is 4.60. The summed E-state index contributed by atoms with van der Waals surface area (Å²) in [6.07, 6.45) is 5.27. The van der Waals surface area contributed by atoms with E-state index in [1.54, 1.807) is 6.92 Å². The molecule has 4 rings (SSSR count). The minimum absolute atomic E-state index is 0.103. The van der Waals surface area contributed by atoms with Gasteiger partial charge in [0, 0.05) is 23.1 Å². The molecule has 0 atom stereocenters. The maximum atomic E-state index is 12.7. The molecule has 2 heterocycles. The van der Waals surface area contributed by atoms with Crippen LogP contribution in [0.1, 0.15) is 37.3 Å². The minimum atomic E-state index is -0.103. The van der Waals surface area contributed by atoms with Gasteiger partial charge in [-0.1, -0.05) is 30.0 Å². The maximum Gasteiger partial charge on any atom is 0.260 e. The lowest BCUT2D eigenvalue weighted by molar-refractivity contribution is -0.116. The fourth-order valence-electron chi connectivity index (χ4n) is 3.40. The van der Waals surface area contributed by atoms with Crippen LogP contribution in [-0.2, 0) is 17.6 Å². The fourth-order valence-corrected chi connectivity index (χ4v) is 5.31. The van der Waals surface area contributed by atoms with Gasteiger partial charge in [0.25, 0.3) is 5.56 Å². The number of ketones is 1. The van der Waals surface area contributed by atoms with Gasteiger partial charge in [-0.05, 0) is 49.3 Å². The average molecular weight is 385 g/mol. The van der Waals surface area contributed by atoms with E-state index in [0.29, 0.717) is 22.7 Å². The van der Waals surface area contributed by atoms with Crippen molar-refractivity contribution >= 4 is 39.1 Å². The van der Waals surface area contributed by atoms with Crippen LogP contribution in [0.3, 0.4) is 0 Å². The van der Waals surface area contributed by atoms with Gasteiger partial charge in [-0.25, -0.2) is 4.98 Å². The van der Waals surface area contributed by atoms with E-state index in [4.69, 9.17) is 0 Å². The van der Waals surface area contributed by atoms with Crippen LogP contribution < -0.4 is 5.56 Å². The molecule has 0 saturated heterocycles. The van der Waals surface area contributed by atoms with Crippen molar-refractivity contribution < 1.29 is 4.79 Å². The van der Waals surface area contributed by atoms with Gasteiger partial charge < -0.3 is 4.98 Å². The van der Waals surface area contributed by atoms with Crippen molar-refractivity contribution in [3.63, 3.8) is 0 Å². The second-order valence-corrected chi connectivity index (χ2v) is 8.63. The summed E-state index contributed by atoms with van der Waals surface area (Å²) < 4.78 is 0. The number of rotatable bonds is 5. The largest absolute Gasteiger partial charge is 0.301 e. The number of Topliss-reactive ketones (excluding diaryl/α,β-unsaturated/α-hetero) is 1. The highest BCUT2D eigenvalue weighted by Gasteiger charge is 2.16. The summed E-state index contributed by atoms with van der Waals surface area (Å²) in [4.78, 5) is 32.0. The Morgan fingerprint density at radius 2 is 2.08 bits per heavy atom. The maximum absolute atomic E-state index is 12.7. The molecule has 1 aliphatic carbocycles. The smallest absolute Gasteiger partial charge is 0.260 e. The standard InChI is InChI=1S/C20H20N2O2S2/c1-12(23)8-9-25-20-21-18(24)17-16(11-26-19(17)22-20)15-7-6-13-4-2-3-5-14(13)10-15/h6-7,10-11H,2-5,8-9H2,1H3,(H,21,22,24). The van der Waals surface area contributed by atoms with Crippen LogP contribution in [0.15, 0.2) is 33.5 Å². The Morgan fingerprint density at radius 1 is 1.27 bits per heavy atom. The molecule has 2 aromatic heterocycles. The summed E-state index contributed by atoms with van der Waals surface area (Å²) in [5, 5.41) is 3.28. The Balaban J connectivity index is 1.69. The van der Waals surface area contributed by atoms with Crippen LogP contribution in [0, 0.1) is 0 Å². The van der Waals surface area contributed by atoms with Crippen molar-refractivity contribution in [3.8, 4) is 11.1 Å². The topological polar surface area (TPSA) is 62.8 Å². The van der Waals surface area contributed by atoms with E-state index in [2.05, 4.69) is 28.2 Å². The molecular formula is C20H20N2O2S2. The monoisotopic (exact) mass is 384 g/mol. The number of carbonyl (C=O) groups is 1. The van der Waals surface area contributed by atoms with E-state index in [0.717, 1.165) is 28.8 Å². The molecule has 0 bridgehead atoms. The Kier molecular flexibility index (Phi) is 4.96. The first-order valence-electron chi connectivity index (χ1n) is 8.88. The number of nitrogens with one attached hydrogen (secondary N) is 1. The van der Waals surface area contributed by atoms with Crippen LogP contribution in [0.2, 0.25) is 0 Å². The number of aryl methyl sites for hydroxylation is 2. The number of benzene rings is 1. The zero-order chi connectivity index (χ0) is 18.1. The summed E-state index contributed by atoms with van der Waals surface area (Å²) in [6, 6.07) is 6.58. The van der Waals surface area contributed by atoms with Crippen LogP contribution in [-0.4, -0.2) is 21.5 Å². The van der Waals surface area contributed by atoms with Crippen LogP contribution >= 0.6 is 23.1 Å². The molecule has 0 unspecified atom stereocenters. The van der Waals surface area contributed by atoms with E-state index in [-0.39, 0.29) is 11.3 Å². The van der Waals surface area contributed by atoms with E-state index in [1.165, 1.54) is 47.1 Å². The molecule has 0 spiro atoms. The van der Waals surface area contributed by atoms with Crippen molar-refractivity contribution in [2.45, 2.75) is 44.2 Å². The SMILES string of the molecule is CC(=O)CCSc1nc2scc(-c3ccc4c(c3)CCCC4)c2c(=O)[nH]1. The molecule has 0 radical (unpaired) electrons. The van der Waals surface area contributed by atoms with Gasteiger partial charge in [-0.2, -0.15) is 0 Å². The number of hydrogen-bond acceptors (Lipinski definition) is 5. The van der Waals surface area contributed by atoms with Crippen molar-refractivity contribution in [2.75, 3.05) is 5.75 Å². The Bertz CT molecular complexity index is 1040. The zero-order valence-electron chi connectivity index (χ0n) is 14.6. The molecule has 3 aromatic rings. The first-order valence-corrected chi connectivity index (χ1v) is 10.7. The van der Waals surface area contributed by atoms with E-state index >= 15 is 0 Å². The average Bonchev–Trinajstić information content (AvgIpc) is 3.05. The molecular weight excluding hydrogens is 364 g/mol. The Hall–Kier alpha value is -1.92. The first kappa shape index (κ1) is 17.5. The second-order valence-electron chi connectivity index (χ2n) is 6.69. The van der Waals surface area contributed by atoms with E-state index < -0.39 is 0 Å². The Labute approximate surface area is 160 Å². The number of hydrogen-bond donors (Lipinski definition) is 1. The van der Waals surface area contributed by atoms with Gasteiger partial charge in [-0.3, -0.25) is 9.59 Å². The van der Waals surface area contributed by atoms with E-state index in [9.17, 15) is 9.59 Å². The van der Waals surface area contributed by atoms with Gasteiger partial charge in [0.1, 0.15) is 10.6 Å². The third-order valence-electron chi connectivity index (χ3n) is 4.77. The molecule has 6 heteroatoms. The van der Waals surface area contributed by atoms with Gasteiger partial charge in [0.2, 0.25) is 0 Å². The lowest BCUT2D eigenvalue weighted by Crippen LogP contribution is -2.09. The molecule has 0 fully saturated rings. The minimum Gasteiger partial charge on any atom is -0.301 e. The van der Waals surface area contributed by atoms with Gasteiger partial charge >= 0.3 is 0 Å². The number of nitrogens with zero attached hydrogens (tertiary/aromatic N) is 1. The molecule has 0 saturated carbocycles. The second kappa shape index (κ2) is 7.37. The quantitative estimate of drug-likeness (QED) is 0.516. The number of aromatic amines is 1. The fraction of sp³-hybridized carbons (Fsp3) is 0.350. The van der Waals surface area contributed by atoms with Crippen molar-refractivity contribution in [1.29, 1.82) is 0 Å². The third-order valence-corrected chi connectivity index (χ3v) is 6.52. The van der Waals surface area contributed by atoms with Crippen molar-refractivity contribution in [3.05, 3.63) is 45.1 Å². The van der Waals surface area contributed by atoms with Gasteiger partial charge in [0.15, 0.2) is 5.16 Å². The molecule has 0 aliphatic heterocycles. The highest BCUT2D eigenvalue weighted by Crippen LogP contribution is 2.34. The molecule has 1 aliphatic rings. The first-order chi connectivity index (χ1) is 12.6. The summed E-state index contributed by atoms with van der Waals surface area (Å²) >= 11 is 2.92. The number of thioether (sulfide) groups is 1. The number of aromatic nitrogens is 2. The lowest BCUT2D eigenvalue weighted by atomic mass is 9.89. The van der Waals surface area contributed by atoms with Crippen LogP contribution in [0.25, 0.3) is 21.3 Å². The molecule has 1 N–H and O–H groups in total. The Morgan fingerprint density at radius 3 is 2.88 bits per heavy atom. The molecule has 134 valence electrons. The number of H-pyrrole nitrogens is 1. The number of fused-ring (bicyclic) bond motifs is 2. The zero-order valence-corrected chi connectivity index (χ0v) is 16.3. The molecule has 26 heavy (non-hydrogen) atoms. The predicted molar refractivity (Wildman–Crippen MR) is 108 cm³/mol. The van der Waals surface area contributed by atoms with Crippen molar-refractivity contribution in [1.82, 2.24) is 9.97 Å². The normalized spacial score (nSPS) is 13.7. The van der Waals surface area contributed by atoms with Crippen LogP contribution in [0.4, 0.5) is 0 Å². The summed E-state index contributed by atoms with van der Waals surface area (Å²) in [5.74, 6) is 0.777. The molecule has 1 aromatic carbocycles. The van der Waals surface area contributed by atoms with Gasteiger partial charge in [0.05, 0.1) is 5.39 Å². The highest BCUT2D eigenvalue weighted by molar-refractivity contribution is 7.99. The van der Waals surface area contributed by atoms with Crippen molar-refractivity contribution in [2.24, 2.45) is 0 Å². The third kappa shape index (κ3) is 3.48. The molecule has 4 nitrogen and oxygen atoms in total. The lowest BCUT2D eigenvalue weighted by Gasteiger charge is -2.16.